The minimum Gasteiger partial charge on any atom is -0.424 e. The van der Waals surface area contributed by atoms with Crippen LogP contribution in [0.5, 0.6) is 0 Å². The Kier molecular flexibility index (Phi) is 5.16. The molecule has 0 saturated heterocycles. The van der Waals surface area contributed by atoms with Crippen molar-refractivity contribution in [3.05, 3.63) is 23.5 Å². The van der Waals surface area contributed by atoms with Crippen LogP contribution in [0.15, 0.2) is 23.5 Å². The summed E-state index contributed by atoms with van der Waals surface area (Å²) >= 11 is 0. The van der Waals surface area contributed by atoms with Gasteiger partial charge in [-0.1, -0.05) is 39.6 Å². The Bertz CT molecular complexity index is 478. The van der Waals surface area contributed by atoms with Crippen molar-refractivity contribution in [2.75, 3.05) is 0 Å². The van der Waals surface area contributed by atoms with Gasteiger partial charge in [0, 0.05) is 14.5 Å². The van der Waals surface area contributed by atoms with Crippen LogP contribution in [0.4, 0.5) is 8.78 Å². The molecule has 0 heterocycles. The summed E-state index contributed by atoms with van der Waals surface area (Å²) < 4.78 is 34.3. The molecular formula is C15H24F2O3Si. The molecule has 0 aromatic carbocycles. The first-order valence-electron chi connectivity index (χ1n) is 7.20. The summed E-state index contributed by atoms with van der Waals surface area (Å²) in [6, 6.07) is 0.00763. The van der Waals surface area contributed by atoms with Gasteiger partial charge >= 0.3 is 11.9 Å². The number of halogens is 2. The minimum atomic E-state index is -3.60. The van der Waals surface area contributed by atoms with Gasteiger partial charge in [-0.15, -0.1) is 0 Å². The van der Waals surface area contributed by atoms with Gasteiger partial charge in [0.1, 0.15) is 0 Å². The highest BCUT2D eigenvalue weighted by atomic mass is 28.3. The fourth-order valence-electron chi connectivity index (χ4n) is 2.52. The number of aliphatic hydroxyl groups is 1. The van der Waals surface area contributed by atoms with E-state index in [-0.39, 0.29) is 18.0 Å². The maximum absolute atomic E-state index is 14.8. The number of ether oxygens (including phenoxy) is 1. The molecule has 0 spiro atoms. The second-order valence-electron chi connectivity index (χ2n) is 6.58. The van der Waals surface area contributed by atoms with E-state index < -0.39 is 31.3 Å². The van der Waals surface area contributed by atoms with E-state index in [9.17, 15) is 18.7 Å². The summed E-state index contributed by atoms with van der Waals surface area (Å²) in [5.74, 6) is -5.09. The summed E-state index contributed by atoms with van der Waals surface area (Å²) in [5.41, 5.74) is -1.99. The largest absolute Gasteiger partial charge is 0.424 e. The average Bonchev–Trinajstić information content (AvgIpc) is 2.33. The van der Waals surface area contributed by atoms with Crippen molar-refractivity contribution in [3.63, 3.8) is 0 Å². The second kappa shape index (κ2) is 6.00. The van der Waals surface area contributed by atoms with Crippen molar-refractivity contribution in [2.24, 2.45) is 0 Å². The molecule has 3 nitrogen and oxygen atoms in total. The Morgan fingerprint density at radius 1 is 1.29 bits per heavy atom. The van der Waals surface area contributed by atoms with Crippen LogP contribution >= 0.6 is 0 Å². The van der Waals surface area contributed by atoms with Gasteiger partial charge in [0.15, 0.2) is 11.4 Å². The predicted octanol–water partition coefficient (Wildman–Crippen LogP) is 3.88. The van der Waals surface area contributed by atoms with Crippen LogP contribution in [0.3, 0.4) is 0 Å². The minimum absolute atomic E-state index is 0.00419. The third kappa shape index (κ3) is 3.60. The molecule has 120 valence electrons. The third-order valence-corrected chi connectivity index (χ3v) is 5.05. The molecule has 1 aliphatic carbocycles. The molecule has 0 aromatic rings. The Morgan fingerprint density at radius 2 is 1.86 bits per heavy atom. The second-order valence-corrected chi connectivity index (χ2v) is 12.1. The van der Waals surface area contributed by atoms with Crippen LogP contribution in [0.25, 0.3) is 0 Å². The van der Waals surface area contributed by atoms with Crippen LogP contribution in [-0.2, 0) is 9.53 Å². The molecular weight excluding hydrogens is 294 g/mol. The molecule has 0 bridgehead atoms. The summed E-state index contributed by atoms with van der Waals surface area (Å²) in [6.45, 7) is 9.03. The summed E-state index contributed by atoms with van der Waals surface area (Å²) in [7, 11) is -1.98. The number of rotatable bonds is 5. The Morgan fingerprint density at radius 3 is 2.29 bits per heavy atom. The lowest BCUT2D eigenvalue weighted by atomic mass is 9.82. The van der Waals surface area contributed by atoms with Gasteiger partial charge in [-0.05, 0) is 24.1 Å². The monoisotopic (exact) mass is 318 g/mol. The maximum Gasteiger partial charge on any atom is 0.336 e. The highest BCUT2D eigenvalue weighted by Crippen LogP contribution is 2.48. The fraction of sp³-hybridized carbons (Fsp3) is 0.667. The number of carbonyl (C=O) groups excluding carboxylic acids is 1. The van der Waals surface area contributed by atoms with Gasteiger partial charge in [0.2, 0.25) is 0 Å². The topological polar surface area (TPSA) is 46.5 Å². The summed E-state index contributed by atoms with van der Waals surface area (Å²) in [5, 5.41) is 10.7. The van der Waals surface area contributed by atoms with E-state index in [1.165, 1.54) is 13.0 Å². The lowest BCUT2D eigenvalue weighted by Crippen LogP contribution is -2.56. The Balaban J connectivity index is 3.27. The normalized spacial score (nSPS) is 25.1. The maximum atomic E-state index is 14.8. The molecule has 21 heavy (non-hydrogen) atoms. The Hall–Kier alpha value is -1.01. The lowest BCUT2D eigenvalue weighted by molar-refractivity contribution is -0.167. The zero-order valence-electron chi connectivity index (χ0n) is 13.3. The zero-order valence-corrected chi connectivity index (χ0v) is 14.3. The van der Waals surface area contributed by atoms with Gasteiger partial charge in [-0.25, -0.2) is 0 Å². The Labute approximate surface area is 125 Å². The molecule has 1 atom stereocenters. The van der Waals surface area contributed by atoms with Gasteiger partial charge < -0.3 is 9.84 Å². The predicted molar refractivity (Wildman–Crippen MR) is 80.9 cm³/mol. The van der Waals surface area contributed by atoms with E-state index in [0.717, 1.165) is 6.08 Å². The molecule has 6 heteroatoms. The molecule has 0 fully saturated rings. The number of carbonyl (C=O) groups is 1. The van der Waals surface area contributed by atoms with Crippen LogP contribution in [-0.4, -0.2) is 30.7 Å². The highest BCUT2D eigenvalue weighted by Gasteiger charge is 2.60. The lowest BCUT2D eigenvalue weighted by Gasteiger charge is -2.43. The van der Waals surface area contributed by atoms with E-state index in [1.54, 1.807) is 6.92 Å². The van der Waals surface area contributed by atoms with Crippen molar-refractivity contribution in [1.29, 1.82) is 0 Å². The standard InChI is InChI=1S/C15H24F2O3Si/c1-6-11-8-9-12(20-13(18)7-2)15(16,17)14(11,19)10-21(3,4)5/h8-9,19H,6-7,10H2,1-5H3. The number of hydrogen-bond acceptors (Lipinski definition) is 3. The molecule has 1 unspecified atom stereocenters. The molecule has 0 aliphatic heterocycles. The average molecular weight is 318 g/mol. The van der Waals surface area contributed by atoms with E-state index in [0.29, 0.717) is 6.42 Å². The first kappa shape index (κ1) is 18.0. The van der Waals surface area contributed by atoms with Crippen LogP contribution in [0, 0.1) is 0 Å². The van der Waals surface area contributed by atoms with Crippen molar-refractivity contribution in [2.45, 2.75) is 63.9 Å². The van der Waals surface area contributed by atoms with E-state index >= 15 is 0 Å². The van der Waals surface area contributed by atoms with Gasteiger partial charge in [-0.3, -0.25) is 4.79 Å². The van der Waals surface area contributed by atoms with Gasteiger partial charge in [0.25, 0.3) is 0 Å². The molecule has 0 radical (unpaired) electrons. The van der Waals surface area contributed by atoms with Crippen molar-refractivity contribution in [3.8, 4) is 0 Å². The first-order valence-corrected chi connectivity index (χ1v) is 10.9. The van der Waals surface area contributed by atoms with Crippen molar-refractivity contribution < 1.29 is 23.4 Å². The molecule has 0 saturated carbocycles. The number of allylic oxidation sites excluding steroid dienone is 2. The van der Waals surface area contributed by atoms with Gasteiger partial charge in [-0.2, -0.15) is 8.78 Å². The quantitative estimate of drug-likeness (QED) is 0.618. The number of alkyl halides is 2. The van der Waals surface area contributed by atoms with E-state index in [4.69, 9.17) is 4.74 Å². The van der Waals surface area contributed by atoms with Gasteiger partial charge in [0.05, 0.1) is 0 Å². The summed E-state index contributed by atoms with van der Waals surface area (Å²) in [6.07, 6.45) is 2.88. The fourth-order valence-corrected chi connectivity index (χ4v) is 4.50. The van der Waals surface area contributed by atoms with Crippen molar-refractivity contribution in [1.82, 2.24) is 0 Å². The molecule has 1 aliphatic rings. The van der Waals surface area contributed by atoms with Crippen molar-refractivity contribution >= 4 is 14.0 Å². The van der Waals surface area contributed by atoms with Crippen LogP contribution < -0.4 is 0 Å². The van der Waals surface area contributed by atoms with E-state index in [1.807, 2.05) is 19.6 Å². The number of hydrogen-bond donors (Lipinski definition) is 1. The molecule has 0 amide bonds. The van der Waals surface area contributed by atoms with E-state index in [2.05, 4.69) is 0 Å². The molecule has 1 N–H and O–H groups in total. The number of esters is 1. The smallest absolute Gasteiger partial charge is 0.336 e. The summed E-state index contributed by atoms with van der Waals surface area (Å²) in [4.78, 5) is 11.3. The SMILES string of the molecule is CCC(=O)OC1=CC=C(CC)C(O)(C[Si](C)(C)C)C1(F)F. The third-order valence-electron chi connectivity index (χ3n) is 3.48. The first-order chi connectivity index (χ1) is 9.48. The van der Waals surface area contributed by atoms with Crippen LogP contribution in [0.2, 0.25) is 25.7 Å². The molecule has 1 rings (SSSR count). The zero-order chi connectivity index (χ0) is 16.5. The van der Waals surface area contributed by atoms with Crippen LogP contribution in [0.1, 0.15) is 26.7 Å². The molecule has 0 aromatic heterocycles. The highest BCUT2D eigenvalue weighted by molar-refractivity contribution is 6.76.